The minimum Gasteiger partial charge on any atom is -0.322 e. The van der Waals surface area contributed by atoms with E-state index in [0.29, 0.717) is 23.5 Å². The van der Waals surface area contributed by atoms with Gasteiger partial charge in [0.05, 0.1) is 10.6 Å². The highest BCUT2D eigenvalue weighted by molar-refractivity contribution is 9.10. The van der Waals surface area contributed by atoms with E-state index in [9.17, 15) is 13.2 Å². The Hall–Kier alpha value is -2.64. The van der Waals surface area contributed by atoms with E-state index in [2.05, 4.69) is 21.2 Å². The highest BCUT2D eigenvalue weighted by Gasteiger charge is 2.29. The third-order valence-corrected chi connectivity index (χ3v) is 7.21. The summed E-state index contributed by atoms with van der Waals surface area (Å²) in [5.74, 6) is -0.206. The summed E-state index contributed by atoms with van der Waals surface area (Å²) in [5.41, 5.74) is 2.78. The number of carbonyl (C=O) groups is 1. The largest absolute Gasteiger partial charge is 0.322 e. The fourth-order valence-corrected chi connectivity index (χ4v) is 5.24. The summed E-state index contributed by atoms with van der Waals surface area (Å²) in [7, 11) is -3.62. The second-order valence-corrected chi connectivity index (χ2v) is 9.58. The first-order chi connectivity index (χ1) is 13.9. The molecule has 4 rings (SSSR count). The summed E-state index contributed by atoms with van der Waals surface area (Å²) in [5, 5.41) is 2.89. The zero-order valence-electron chi connectivity index (χ0n) is 15.5. The third kappa shape index (κ3) is 4.06. The van der Waals surface area contributed by atoms with Crippen LogP contribution in [0.5, 0.6) is 0 Å². The molecule has 1 amide bonds. The van der Waals surface area contributed by atoms with Crippen molar-refractivity contribution in [1.82, 2.24) is 0 Å². The number of benzene rings is 3. The fraction of sp³-hybridized carbons (Fsp3) is 0.136. The molecule has 1 N–H and O–H groups in total. The second kappa shape index (κ2) is 8.00. The van der Waals surface area contributed by atoms with Crippen LogP contribution >= 0.6 is 15.9 Å². The van der Waals surface area contributed by atoms with Gasteiger partial charge in [0.25, 0.3) is 15.9 Å². The highest BCUT2D eigenvalue weighted by atomic mass is 79.9. The maximum absolute atomic E-state index is 13.1. The molecule has 0 bridgehead atoms. The Labute approximate surface area is 178 Å². The number of rotatable bonds is 4. The van der Waals surface area contributed by atoms with E-state index in [1.54, 1.807) is 54.6 Å². The van der Waals surface area contributed by atoms with Gasteiger partial charge in [-0.25, -0.2) is 8.42 Å². The molecule has 0 unspecified atom stereocenters. The van der Waals surface area contributed by atoms with Gasteiger partial charge in [-0.3, -0.25) is 9.10 Å². The number of hydrogen-bond donors (Lipinski definition) is 1. The molecule has 1 heterocycles. The van der Waals surface area contributed by atoms with Crippen molar-refractivity contribution in [3.05, 3.63) is 88.4 Å². The maximum atomic E-state index is 13.1. The Morgan fingerprint density at radius 2 is 1.69 bits per heavy atom. The van der Waals surface area contributed by atoms with Crippen LogP contribution in [0.3, 0.4) is 0 Å². The number of carbonyl (C=O) groups excluding carboxylic acids is 1. The van der Waals surface area contributed by atoms with Crippen LogP contribution in [0, 0.1) is 0 Å². The van der Waals surface area contributed by atoms with Crippen LogP contribution in [0.1, 0.15) is 22.3 Å². The van der Waals surface area contributed by atoms with Gasteiger partial charge >= 0.3 is 0 Å². The molecule has 1 aliphatic rings. The topological polar surface area (TPSA) is 66.5 Å². The van der Waals surface area contributed by atoms with Crippen LogP contribution in [-0.4, -0.2) is 20.9 Å². The standard InChI is InChI=1S/C22H19BrN2O3S/c23-18-10-8-16(9-11-18)22(26)24-19-12-13-21-17(15-19)5-4-14-25(21)29(27,28)20-6-2-1-3-7-20/h1-3,6-13,15H,4-5,14H2,(H,24,26). The average Bonchev–Trinajstić information content (AvgIpc) is 2.74. The molecule has 0 saturated carbocycles. The van der Waals surface area contributed by atoms with Crippen LogP contribution in [0.25, 0.3) is 0 Å². The average molecular weight is 471 g/mol. The monoisotopic (exact) mass is 470 g/mol. The van der Waals surface area contributed by atoms with E-state index in [-0.39, 0.29) is 10.8 Å². The third-order valence-electron chi connectivity index (χ3n) is 4.85. The van der Waals surface area contributed by atoms with E-state index >= 15 is 0 Å². The fourth-order valence-electron chi connectivity index (χ4n) is 3.41. The molecule has 5 nitrogen and oxygen atoms in total. The summed E-state index contributed by atoms with van der Waals surface area (Å²) in [4.78, 5) is 12.7. The van der Waals surface area contributed by atoms with Gasteiger partial charge < -0.3 is 5.32 Å². The Kier molecular flexibility index (Phi) is 5.43. The first-order valence-electron chi connectivity index (χ1n) is 9.23. The maximum Gasteiger partial charge on any atom is 0.264 e. The van der Waals surface area contributed by atoms with E-state index < -0.39 is 10.0 Å². The molecule has 3 aromatic carbocycles. The van der Waals surface area contributed by atoms with Crippen LogP contribution in [0.2, 0.25) is 0 Å². The van der Waals surface area contributed by atoms with Crippen molar-refractivity contribution in [2.45, 2.75) is 17.7 Å². The highest BCUT2D eigenvalue weighted by Crippen LogP contribution is 2.33. The van der Waals surface area contributed by atoms with Crippen LogP contribution < -0.4 is 9.62 Å². The van der Waals surface area contributed by atoms with Gasteiger partial charge in [-0.15, -0.1) is 0 Å². The van der Waals surface area contributed by atoms with E-state index in [1.165, 1.54) is 4.31 Å². The Balaban J connectivity index is 1.60. The van der Waals surface area contributed by atoms with Crippen molar-refractivity contribution in [2.75, 3.05) is 16.2 Å². The van der Waals surface area contributed by atoms with Crippen molar-refractivity contribution in [1.29, 1.82) is 0 Å². The van der Waals surface area contributed by atoms with Gasteiger partial charge in [-0.1, -0.05) is 34.1 Å². The number of halogens is 1. The normalized spacial score (nSPS) is 13.6. The smallest absolute Gasteiger partial charge is 0.264 e. The molecular weight excluding hydrogens is 452 g/mol. The molecule has 0 aromatic heterocycles. The van der Waals surface area contributed by atoms with Crippen molar-refractivity contribution in [3.63, 3.8) is 0 Å². The number of hydrogen-bond acceptors (Lipinski definition) is 3. The summed E-state index contributed by atoms with van der Waals surface area (Å²) >= 11 is 3.36. The van der Waals surface area contributed by atoms with Gasteiger partial charge in [-0.2, -0.15) is 0 Å². The summed E-state index contributed by atoms with van der Waals surface area (Å²) in [6.07, 6.45) is 1.49. The lowest BCUT2D eigenvalue weighted by Gasteiger charge is -2.30. The molecule has 0 fully saturated rings. The Morgan fingerprint density at radius 1 is 0.966 bits per heavy atom. The number of nitrogens with one attached hydrogen (secondary N) is 1. The number of amides is 1. The van der Waals surface area contributed by atoms with E-state index in [1.807, 2.05) is 18.2 Å². The zero-order valence-corrected chi connectivity index (χ0v) is 17.9. The number of anilines is 2. The summed E-state index contributed by atoms with van der Waals surface area (Å²) in [6, 6.07) is 20.9. The van der Waals surface area contributed by atoms with Gasteiger partial charge in [-0.05, 0) is 73.0 Å². The van der Waals surface area contributed by atoms with Crippen molar-refractivity contribution in [3.8, 4) is 0 Å². The van der Waals surface area contributed by atoms with E-state index in [4.69, 9.17) is 0 Å². The number of aryl methyl sites for hydroxylation is 1. The lowest BCUT2D eigenvalue weighted by atomic mass is 10.0. The molecule has 148 valence electrons. The number of sulfonamides is 1. The SMILES string of the molecule is O=C(Nc1ccc2c(c1)CCCN2S(=O)(=O)c1ccccc1)c1ccc(Br)cc1. The number of fused-ring (bicyclic) bond motifs is 1. The molecule has 3 aromatic rings. The molecule has 0 saturated heterocycles. The van der Waals surface area contributed by atoms with Crippen LogP contribution in [-0.2, 0) is 16.4 Å². The van der Waals surface area contributed by atoms with Crippen molar-refractivity contribution in [2.24, 2.45) is 0 Å². The molecular formula is C22H19BrN2O3S. The lowest BCUT2D eigenvalue weighted by molar-refractivity contribution is 0.102. The molecule has 0 aliphatic carbocycles. The second-order valence-electron chi connectivity index (χ2n) is 6.80. The zero-order chi connectivity index (χ0) is 20.4. The Morgan fingerprint density at radius 3 is 2.41 bits per heavy atom. The van der Waals surface area contributed by atoms with Crippen molar-refractivity contribution >= 4 is 43.2 Å². The van der Waals surface area contributed by atoms with Crippen LogP contribution in [0.4, 0.5) is 11.4 Å². The first-order valence-corrected chi connectivity index (χ1v) is 11.5. The minimum absolute atomic E-state index is 0.206. The molecule has 29 heavy (non-hydrogen) atoms. The quantitative estimate of drug-likeness (QED) is 0.592. The van der Waals surface area contributed by atoms with Gasteiger partial charge in [0, 0.05) is 22.3 Å². The Bertz CT molecular complexity index is 1150. The van der Waals surface area contributed by atoms with Crippen LogP contribution in [0.15, 0.2) is 82.2 Å². The van der Waals surface area contributed by atoms with Gasteiger partial charge in [0.2, 0.25) is 0 Å². The van der Waals surface area contributed by atoms with Gasteiger partial charge in [0.1, 0.15) is 0 Å². The van der Waals surface area contributed by atoms with Crippen molar-refractivity contribution < 1.29 is 13.2 Å². The summed E-state index contributed by atoms with van der Waals surface area (Å²) < 4.78 is 28.5. The molecule has 1 aliphatic heterocycles. The van der Waals surface area contributed by atoms with E-state index in [0.717, 1.165) is 22.9 Å². The summed E-state index contributed by atoms with van der Waals surface area (Å²) in [6.45, 7) is 0.439. The first kappa shape index (κ1) is 19.7. The molecule has 0 spiro atoms. The molecule has 0 radical (unpaired) electrons. The predicted octanol–water partition coefficient (Wildman–Crippen LogP) is 4.84. The van der Waals surface area contributed by atoms with Gasteiger partial charge in [0.15, 0.2) is 0 Å². The lowest BCUT2D eigenvalue weighted by Crippen LogP contribution is -2.35. The molecule has 7 heteroatoms. The predicted molar refractivity (Wildman–Crippen MR) is 118 cm³/mol. The molecule has 0 atom stereocenters. The minimum atomic E-state index is -3.62. The number of nitrogens with zero attached hydrogens (tertiary/aromatic N) is 1.